The minimum Gasteiger partial charge on any atom is -0.279 e. The van der Waals surface area contributed by atoms with E-state index >= 15 is 0 Å². The summed E-state index contributed by atoms with van der Waals surface area (Å²) in [5, 5.41) is 14.1. The molecule has 0 aromatic heterocycles. The topological polar surface area (TPSA) is 36.1 Å². The Morgan fingerprint density at radius 3 is 1.42 bits per heavy atom. The predicted molar refractivity (Wildman–Crippen MR) is 228 cm³/mol. The SMILES string of the molecule is CC1(C)c2cc(-c3ccc(C4NC(c5ccccc5)NC(c5ccc(-c6ccccc6)cc5)N4)cc3)ccc2-c2c1cc1ccccc1c2-c1ccccc1. The molecule has 3 unspecified atom stereocenters. The van der Waals surface area contributed by atoms with Crippen LogP contribution in [0.25, 0.3) is 55.3 Å². The Balaban J connectivity index is 0.974. The van der Waals surface area contributed by atoms with E-state index in [9.17, 15) is 0 Å². The highest BCUT2D eigenvalue weighted by atomic mass is 15.4. The van der Waals surface area contributed by atoms with Gasteiger partial charge in [-0.15, -0.1) is 0 Å². The van der Waals surface area contributed by atoms with Crippen LogP contribution in [0.3, 0.4) is 0 Å². The lowest BCUT2D eigenvalue weighted by Gasteiger charge is -2.39. The number of benzene rings is 8. The zero-order chi connectivity index (χ0) is 36.9. The van der Waals surface area contributed by atoms with Crippen molar-refractivity contribution in [1.82, 2.24) is 16.0 Å². The molecule has 3 atom stereocenters. The molecule has 0 saturated carbocycles. The van der Waals surface area contributed by atoms with E-state index in [0.717, 1.165) is 0 Å². The van der Waals surface area contributed by atoms with Crippen molar-refractivity contribution in [2.24, 2.45) is 0 Å². The van der Waals surface area contributed by atoms with Gasteiger partial charge in [0, 0.05) is 5.41 Å². The first-order valence-electron chi connectivity index (χ1n) is 19.4. The molecule has 1 fully saturated rings. The van der Waals surface area contributed by atoms with Gasteiger partial charge in [0.25, 0.3) is 0 Å². The number of nitrogens with one attached hydrogen (secondary N) is 3. The molecule has 0 amide bonds. The van der Waals surface area contributed by atoms with Crippen LogP contribution in [-0.2, 0) is 5.41 Å². The third kappa shape index (κ3) is 5.98. The fourth-order valence-corrected chi connectivity index (χ4v) is 8.86. The molecule has 266 valence electrons. The summed E-state index contributed by atoms with van der Waals surface area (Å²) in [6, 6.07) is 68.5. The van der Waals surface area contributed by atoms with E-state index in [1.807, 2.05) is 0 Å². The van der Waals surface area contributed by atoms with Crippen molar-refractivity contribution >= 4 is 10.8 Å². The molecule has 0 bridgehead atoms. The van der Waals surface area contributed by atoms with Gasteiger partial charge in [0.1, 0.15) is 0 Å². The van der Waals surface area contributed by atoms with Gasteiger partial charge in [-0.2, -0.15) is 0 Å². The molecule has 3 heteroatoms. The van der Waals surface area contributed by atoms with Gasteiger partial charge >= 0.3 is 0 Å². The van der Waals surface area contributed by atoms with Crippen LogP contribution >= 0.6 is 0 Å². The van der Waals surface area contributed by atoms with Crippen LogP contribution in [0.5, 0.6) is 0 Å². The first-order valence-corrected chi connectivity index (χ1v) is 19.4. The second-order valence-electron chi connectivity index (χ2n) is 15.5. The largest absolute Gasteiger partial charge is 0.279 e. The Labute approximate surface area is 323 Å². The Kier molecular flexibility index (Phi) is 8.30. The van der Waals surface area contributed by atoms with Crippen molar-refractivity contribution < 1.29 is 0 Å². The maximum absolute atomic E-state index is 3.87. The molecule has 10 rings (SSSR count). The molecule has 1 heterocycles. The fraction of sp³-hybridized carbons (Fsp3) is 0.115. The average molecular weight is 710 g/mol. The molecule has 1 aliphatic carbocycles. The molecule has 8 aromatic carbocycles. The minimum atomic E-state index is -0.141. The minimum absolute atomic E-state index is 0.0241. The lowest BCUT2D eigenvalue weighted by atomic mass is 9.80. The molecule has 1 saturated heterocycles. The Morgan fingerprint density at radius 1 is 0.364 bits per heavy atom. The summed E-state index contributed by atoms with van der Waals surface area (Å²) in [6.45, 7) is 4.77. The van der Waals surface area contributed by atoms with Crippen LogP contribution < -0.4 is 16.0 Å². The van der Waals surface area contributed by atoms with Crippen molar-refractivity contribution in [3.63, 3.8) is 0 Å². The van der Waals surface area contributed by atoms with Crippen LogP contribution in [0.4, 0.5) is 0 Å². The monoisotopic (exact) mass is 709 g/mol. The van der Waals surface area contributed by atoms with Gasteiger partial charge in [0.15, 0.2) is 0 Å². The molecule has 3 nitrogen and oxygen atoms in total. The third-order valence-corrected chi connectivity index (χ3v) is 11.8. The van der Waals surface area contributed by atoms with E-state index in [4.69, 9.17) is 0 Å². The van der Waals surface area contributed by atoms with Gasteiger partial charge in [0.2, 0.25) is 0 Å². The highest BCUT2D eigenvalue weighted by Gasteiger charge is 2.38. The molecule has 1 aliphatic heterocycles. The molecule has 0 spiro atoms. The van der Waals surface area contributed by atoms with Gasteiger partial charge < -0.3 is 0 Å². The fourth-order valence-electron chi connectivity index (χ4n) is 8.86. The number of fused-ring (bicyclic) bond motifs is 4. The molecular weight excluding hydrogens is 667 g/mol. The van der Waals surface area contributed by atoms with Crippen LogP contribution in [0.15, 0.2) is 188 Å². The zero-order valence-corrected chi connectivity index (χ0v) is 31.1. The summed E-state index contributed by atoms with van der Waals surface area (Å²) in [4.78, 5) is 0. The summed E-state index contributed by atoms with van der Waals surface area (Å²) >= 11 is 0. The lowest BCUT2D eigenvalue weighted by Crippen LogP contribution is -2.54. The van der Waals surface area contributed by atoms with E-state index in [1.54, 1.807) is 0 Å². The van der Waals surface area contributed by atoms with Crippen molar-refractivity contribution in [1.29, 1.82) is 0 Å². The second kappa shape index (κ2) is 13.6. The van der Waals surface area contributed by atoms with Gasteiger partial charge in [-0.3, -0.25) is 16.0 Å². The summed E-state index contributed by atoms with van der Waals surface area (Å²) in [6.07, 6.45) is -0.124. The molecular formula is C52H43N3. The van der Waals surface area contributed by atoms with Crippen molar-refractivity contribution in [2.45, 2.75) is 37.8 Å². The van der Waals surface area contributed by atoms with Gasteiger partial charge in [-0.25, -0.2) is 0 Å². The van der Waals surface area contributed by atoms with E-state index in [0.29, 0.717) is 0 Å². The molecule has 3 N–H and O–H groups in total. The maximum Gasteiger partial charge on any atom is 0.0864 e. The Hall–Kier alpha value is -6.10. The quantitative estimate of drug-likeness (QED) is 0.161. The number of hydrogen-bond donors (Lipinski definition) is 3. The summed E-state index contributed by atoms with van der Waals surface area (Å²) in [5.74, 6) is 0. The standard InChI is InChI=1S/C52H43N3/c1-52(2)45-32-41(30-31-44(45)48-46(52)33-42-20-12-13-21-43(42)47(48)37-16-8-4-9-17-37)36-24-28-40(29-25-36)51-54-49(38-18-10-5-11-19-38)53-50(55-51)39-26-22-35(23-27-39)34-14-6-3-7-15-34/h3-33,49-51,53-55H,1-2H3. The van der Waals surface area contributed by atoms with Gasteiger partial charge in [0.05, 0.1) is 18.5 Å². The van der Waals surface area contributed by atoms with Crippen LogP contribution in [0.1, 0.15) is 60.2 Å². The van der Waals surface area contributed by atoms with Crippen molar-refractivity contribution in [3.8, 4) is 44.5 Å². The Bertz CT molecular complexity index is 2630. The van der Waals surface area contributed by atoms with Crippen molar-refractivity contribution in [2.75, 3.05) is 0 Å². The smallest absolute Gasteiger partial charge is 0.0864 e. The van der Waals surface area contributed by atoms with E-state index in [1.165, 1.54) is 83.1 Å². The average Bonchev–Trinajstić information content (AvgIpc) is 3.48. The molecule has 8 aromatic rings. The van der Waals surface area contributed by atoms with Crippen molar-refractivity contribution in [3.05, 3.63) is 216 Å². The molecule has 55 heavy (non-hydrogen) atoms. The van der Waals surface area contributed by atoms with E-state index in [2.05, 4.69) is 218 Å². The summed E-state index contributed by atoms with van der Waals surface area (Å²) in [5.41, 5.74) is 16.4. The van der Waals surface area contributed by atoms with E-state index in [-0.39, 0.29) is 23.9 Å². The first kappa shape index (κ1) is 33.5. The zero-order valence-electron chi connectivity index (χ0n) is 31.1. The van der Waals surface area contributed by atoms with Gasteiger partial charge in [-0.1, -0.05) is 190 Å². The normalized spacial score (nSPS) is 18.5. The van der Waals surface area contributed by atoms with Crippen LogP contribution in [0.2, 0.25) is 0 Å². The second-order valence-corrected chi connectivity index (χ2v) is 15.5. The highest BCUT2D eigenvalue weighted by Crippen LogP contribution is 2.55. The highest BCUT2D eigenvalue weighted by molar-refractivity contribution is 6.08. The molecule has 2 aliphatic rings. The summed E-state index contributed by atoms with van der Waals surface area (Å²) in [7, 11) is 0. The maximum atomic E-state index is 3.87. The summed E-state index contributed by atoms with van der Waals surface area (Å²) < 4.78 is 0. The molecule has 0 radical (unpaired) electrons. The number of hydrogen-bond acceptors (Lipinski definition) is 3. The lowest BCUT2D eigenvalue weighted by molar-refractivity contribution is 0.203. The number of rotatable bonds is 6. The first-order chi connectivity index (χ1) is 27.0. The Morgan fingerprint density at radius 2 is 0.818 bits per heavy atom. The predicted octanol–water partition coefficient (Wildman–Crippen LogP) is 12.3. The van der Waals surface area contributed by atoms with E-state index < -0.39 is 0 Å². The van der Waals surface area contributed by atoms with Gasteiger partial charge in [-0.05, 0) is 95.2 Å². The van der Waals surface area contributed by atoms with Crippen LogP contribution in [0, 0.1) is 0 Å². The van der Waals surface area contributed by atoms with Crippen LogP contribution in [-0.4, -0.2) is 0 Å². The third-order valence-electron chi connectivity index (χ3n) is 11.8.